The third-order valence-electron chi connectivity index (χ3n) is 3.89. The number of nitrogens with zero attached hydrogens (tertiary/aromatic N) is 2. The lowest BCUT2D eigenvalue weighted by molar-refractivity contribution is -0.141. The van der Waals surface area contributed by atoms with Crippen LogP contribution in [0.15, 0.2) is 46.9 Å². The SMILES string of the molecule is Cc1ccc(NC(=O)CSc2nc(-c3cccs3)cc(C(F)(F)F)n2)cc1C. The molecule has 2 heterocycles. The number of hydrogen-bond donors (Lipinski definition) is 1. The highest BCUT2D eigenvalue weighted by molar-refractivity contribution is 7.99. The molecule has 1 N–H and O–H groups in total. The van der Waals surface area contributed by atoms with Crippen molar-refractivity contribution < 1.29 is 18.0 Å². The number of rotatable bonds is 5. The molecule has 1 amide bonds. The molecule has 0 saturated carbocycles. The lowest BCUT2D eigenvalue weighted by Crippen LogP contribution is -2.15. The number of anilines is 1. The van der Waals surface area contributed by atoms with E-state index in [1.807, 2.05) is 26.0 Å². The largest absolute Gasteiger partial charge is 0.433 e. The molecule has 3 rings (SSSR count). The first-order valence-electron chi connectivity index (χ1n) is 8.22. The number of hydrogen-bond acceptors (Lipinski definition) is 5. The number of halogens is 3. The van der Waals surface area contributed by atoms with E-state index < -0.39 is 11.9 Å². The molecule has 146 valence electrons. The Bertz CT molecular complexity index is 989. The van der Waals surface area contributed by atoms with Crippen LogP contribution in [-0.4, -0.2) is 21.6 Å². The number of thioether (sulfide) groups is 1. The van der Waals surface area contributed by atoms with Crippen LogP contribution in [0.25, 0.3) is 10.6 Å². The van der Waals surface area contributed by atoms with Crippen molar-refractivity contribution in [2.24, 2.45) is 0 Å². The highest BCUT2D eigenvalue weighted by atomic mass is 32.2. The van der Waals surface area contributed by atoms with Crippen LogP contribution in [0.3, 0.4) is 0 Å². The van der Waals surface area contributed by atoms with Crippen molar-refractivity contribution in [3.63, 3.8) is 0 Å². The van der Waals surface area contributed by atoms with Crippen molar-refractivity contribution in [2.45, 2.75) is 25.2 Å². The minimum Gasteiger partial charge on any atom is -0.325 e. The van der Waals surface area contributed by atoms with Gasteiger partial charge in [-0.2, -0.15) is 13.2 Å². The van der Waals surface area contributed by atoms with Gasteiger partial charge in [-0.3, -0.25) is 4.79 Å². The molecule has 2 aromatic heterocycles. The summed E-state index contributed by atoms with van der Waals surface area (Å²) in [5.41, 5.74) is 1.94. The van der Waals surface area contributed by atoms with Gasteiger partial charge in [-0.1, -0.05) is 23.9 Å². The number of amides is 1. The van der Waals surface area contributed by atoms with Crippen LogP contribution < -0.4 is 5.32 Å². The Hall–Kier alpha value is -2.39. The number of nitrogens with one attached hydrogen (secondary N) is 1. The summed E-state index contributed by atoms with van der Waals surface area (Å²) >= 11 is 2.15. The minimum atomic E-state index is -4.59. The maximum Gasteiger partial charge on any atom is 0.433 e. The molecule has 0 aliphatic rings. The number of thiophene rings is 1. The molecule has 3 aromatic rings. The first-order chi connectivity index (χ1) is 13.2. The second-order valence-corrected chi connectivity index (χ2v) is 7.92. The van der Waals surface area contributed by atoms with Crippen LogP contribution in [-0.2, 0) is 11.0 Å². The molecule has 0 bridgehead atoms. The van der Waals surface area contributed by atoms with E-state index in [-0.39, 0.29) is 22.5 Å². The second kappa shape index (κ2) is 8.32. The summed E-state index contributed by atoms with van der Waals surface area (Å²) in [5, 5.41) is 4.40. The minimum absolute atomic E-state index is 0.0894. The Morgan fingerprint density at radius 2 is 1.93 bits per heavy atom. The molecular formula is C19H16F3N3OS2. The van der Waals surface area contributed by atoms with Crippen molar-refractivity contribution in [3.8, 4) is 10.6 Å². The van der Waals surface area contributed by atoms with Crippen LogP contribution in [0.4, 0.5) is 18.9 Å². The van der Waals surface area contributed by atoms with Crippen molar-refractivity contribution in [1.82, 2.24) is 9.97 Å². The summed E-state index contributed by atoms with van der Waals surface area (Å²) in [6.07, 6.45) is -4.59. The summed E-state index contributed by atoms with van der Waals surface area (Å²) in [4.78, 5) is 20.5. The van der Waals surface area contributed by atoms with Crippen molar-refractivity contribution >= 4 is 34.7 Å². The monoisotopic (exact) mass is 423 g/mol. The highest BCUT2D eigenvalue weighted by Crippen LogP contribution is 2.33. The summed E-state index contributed by atoms with van der Waals surface area (Å²) in [7, 11) is 0. The van der Waals surface area contributed by atoms with Gasteiger partial charge in [0, 0.05) is 5.69 Å². The maximum atomic E-state index is 13.2. The van der Waals surface area contributed by atoms with E-state index in [1.54, 1.807) is 23.6 Å². The molecule has 0 radical (unpaired) electrons. The Morgan fingerprint density at radius 3 is 2.57 bits per heavy atom. The van der Waals surface area contributed by atoms with Crippen molar-refractivity contribution in [3.05, 3.63) is 58.6 Å². The molecule has 0 aliphatic heterocycles. The lowest BCUT2D eigenvalue weighted by atomic mass is 10.1. The number of carbonyl (C=O) groups is 1. The first-order valence-corrected chi connectivity index (χ1v) is 10.1. The zero-order chi connectivity index (χ0) is 20.3. The van der Waals surface area contributed by atoms with E-state index >= 15 is 0 Å². The number of carbonyl (C=O) groups excluding carboxylic acids is 1. The Morgan fingerprint density at radius 1 is 1.14 bits per heavy atom. The topological polar surface area (TPSA) is 54.9 Å². The standard InChI is InChI=1S/C19H16F3N3OS2/c1-11-5-6-13(8-12(11)2)23-17(26)10-28-18-24-14(15-4-3-7-27-15)9-16(25-18)19(20,21)22/h3-9H,10H2,1-2H3,(H,23,26). The van der Waals surface area contributed by atoms with E-state index in [0.717, 1.165) is 29.0 Å². The molecule has 28 heavy (non-hydrogen) atoms. The van der Waals surface area contributed by atoms with Crippen LogP contribution in [0.2, 0.25) is 0 Å². The predicted molar refractivity (Wildman–Crippen MR) is 106 cm³/mol. The number of aryl methyl sites for hydroxylation is 2. The molecule has 0 atom stereocenters. The fraction of sp³-hybridized carbons (Fsp3) is 0.211. The summed E-state index contributed by atoms with van der Waals surface area (Å²) in [6, 6.07) is 9.85. The van der Waals surface area contributed by atoms with Gasteiger partial charge in [0.25, 0.3) is 0 Å². The van der Waals surface area contributed by atoms with Gasteiger partial charge < -0.3 is 5.32 Å². The average Bonchev–Trinajstić information content (AvgIpc) is 3.17. The second-order valence-electron chi connectivity index (χ2n) is 6.03. The Labute approximate surface area is 168 Å². The normalized spacial score (nSPS) is 11.5. The molecule has 0 spiro atoms. The number of aromatic nitrogens is 2. The molecule has 4 nitrogen and oxygen atoms in total. The van der Waals surface area contributed by atoms with Gasteiger partial charge in [0.05, 0.1) is 16.3 Å². The fourth-order valence-electron chi connectivity index (χ4n) is 2.33. The highest BCUT2D eigenvalue weighted by Gasteiger charge is 2.34. The molecule has 1 aromatic carbocycles. The van der Waals surface area contributed by atoms with Crippen LogP contribution in [0.5, 0.6) is 0 Å². The van der Waals surface area contributed by atoms with E-state index in [1.165, 1.54) is 11.3 Å². The maximum absolute atomic E-state index is 13.2. The first kappa shape index (κ1) is 20.3. The molecule has 0 aliphatic carbocycles. The summed E-state index contributed by atoms with van der Waals surface area (Å²) in [5.74, 6) is -0.440. The van der Waals surface area contributed by atoms with Gasteiger partial charge in [0.2, 0.25) is 5.91 Å². The van der Waals surface area contributed by atoms with Crippen LogP contribution >= 0.6 is 23.1 Å². The van der Waals surface area contributed by atoms with E-state index in [0.29, 0.717) is 10.6 Å². The van der Waals surface area contributed by atoms with Gasteiger partial charge >= 0.3 is 6.18 Å². The predicted octanol–water partition coefficient (Wildman–Crippen LogP) is 5.57. The quantitative estimate of drug-likeness (QED) is 0.430. The molecule has 9 heteroatoms. The van der Waals surface area contributed by atoms with E-state index in [9.17, 15) is 18.0 Å². The van der Waals surface area contributed by atoms with Gasteiger partial charge in [0.15, 0.2) is 5.16 Å². The smallest absolute Gasteiger partial charge is 0.325 e. The van der Waals surface area contributed by atoms with Crippen molar-refractivity contribution in [1.29, 1.82) is 0 Å². The van der Waals surface area contributed by atoms with Crippen LogP contribution in [0, 0.1) is 13.8 Å². The third-order valence-corrected chi connectivity index (χ3v) is 5.63. The Balaban J connectivity index is 1.75. The molecule has 0 fully saturated rings. The lowest BCUT2D eigenvalue weighted by Gasteiger charge is -2.10. The van der Waals surface area contributed by atoms with Crippen LogP contribution in [0.1, 0.15) is 16.8 Å². The zero-order valence-electron chi connectivity index (χ0n) is 15.0. The van der Waals surface area contributed by atoms with Crippen molar-refractivity contribution in [2.75, 3.05) is 11.1 Å². The molecular weight excluding hydrogens is 407 g/mol. The van der Waals surface area contributed by atoms with Gasteiger partial charge in [-0.15, -0.1) is 11.3 Å². The summed E-state index contributed by atoms with van der Waals surface area (Å²) in [6.45, 7) is 3.90. The Kier molecular flexibility index (Phi) is 6.04. The molecule has 0 unspecified atom stereocenters. The van der Waals surface area contributed by atoms with E-state index in [2.05, 4.69) is 15.3 Å². The summed E-state index contributed by atoms with van der Waals surface area (Å²) < 4.78 is 39.5. The average molecular weight is 423 g/mol. The van der Waals surface area contributed by atoms with Gasteiger partial charge in [-0.25, -0.2) is 9.97 Å². The molecule has 0 saturated heterocycles. The number of alkyl halides is 3. The third kappa shape index (κ3) is 5.11. The number of benzene rings is 1. The van der Waals surface area contributed by atoms with Gasteiger partial charge in [0.1, 0.15) is 5.69 Å². The fourth-order valence-corrected chi connectivity index (χ4v) is 3.68. The van der Waals surface area contributed by atoms with Gasteiger partial charge in [-0.05, 0) is 54.6 Å². The zero-order valence-corrected chi connectivity index (χ0v) is 16.6. The van der Waals surface area contributed by atoms with E-state index in [4.69, 9.17) is 0 Å².